The summed E-state index contributed by atoms with van der Waals surface area (Å²) in [4.78, 5) is 12.6. The molecule has 0 radical (unpaired) electrons. The van der Waals surface area contributed by atoms with Gasteiger partial charge in [0.25, 0.3) is 0 Å². The summed E-state index contributed by atoms with van der Waals surface area (Å²) in [6, 6.07) is 3.59. The van der Waals surface area contributed by atoms with Crippen molar-refractivity contribution in [1.82, 2.24) is 20.2 Å². The SMILES string of the molecule is Cc1ccc(O)c(CN(Cc2scnc2C)C[C@@H]2CCNC2)n1. The minimum Gasteiger partial charge on any atom is -0.506 e. The monoisotopic (exact) mass is 332 g/mol. The molecule has 0 saturated carbocycles. The van der Waals surface area contributed by atoms with Crippen molar-refractivity contribution in [3.63, 3.8) is 0 Å². The van der Waals surface area contributed by atoms with Gasteiger partial charge in [0.05, 0.1) is 16.9 Å². The van der Waals surface area contributed by atoms with E-state index in [1.54, 1.807) is 17.4 Å². The highest BCUT2D eigenvalue weighted by Crippen LogP contribution is 2.22. The lowest BCUT2D eigenvalue weighted by Crippen LogP contribution is -2.30. The highest BCUT2D eigenvalue weighted by atomic mass is 32.1. The van der Waals surface area contributed by atoms with E-state index < -0.39 is 0 Å². The Morgan fingerprint density at radius 1 is 1.35 bits per heavy atom. The highest BCUT2D eigenvalue weighted by Gasteiger charge is 2.21. The third-order valence-corrected chi connectivity index (χ3v) is 5.27. The molecule has 2 aromatic rings. The highest BCUT2D eigenvalue weighted by molar-refractivity contribution is 7.09. The zero-order valence-corrected chi connectivity index (χ0v) is 14.6. The summed E-state index contributed by atoms with van der Waals surface area (Å²) in [6.45, 7) is 8.74. The lowest BCUT2D eigenvalue weighted by Gasteiger charge is -2.25. The topological polar surface area (TPSA) is 61.3 Å². The Balaban J connectivity index is 1.76. The van der Waals surface area contributed by atoms with Gasteiger partial charge in [0, 0.05) is 30.2 Å². The summed E-state index contributed by atoms with van der Waals surface area (Å²) >= 11 is 1.70. The van der Waals surface area contributed by atoms with Crippen molar-refractivity contribution in [3.05, 3.63) is 39.6 Å². The zero-order valence-electron chi connectivity index (χ0n) is 13.7. The van der Waals surface area contributed by atoms with Gasteiger partial charge in [-0.2, -0.15) is 0 Å². The molecule has 1 aliphatic heterocycles. The van der Waals surface area contributed by atoms with Gasteiger partial charge >= 0.3 is 0 Å². The van der Waals surface area contributed by atoms with Crippen molar-refractivity contribution in [2.45, 2.75) is 33.4 Å². The Bertz CT molecular complexity index is 652. The molecule has 0 spiro atoms. The third-order valence-electron chi connectivity index (χ3n) is 4.35. The van der Waals surface area contributed by atoms with Crippen LogP contribution in [0.1, 0.15) is 28.4 Å². The number of pyridine rings is 1. The lowest BCUT2D eigenvalue weighted by atomic mass is 10.1. The lowest BCUT2D eigenvalue weighted by molar-refractivity contribution is 0.216. The Labute approximate surface area is 141 Å². The first kappa shape index (κ1) is 16.4. The smallest absolute Gasteiger partial charge is 0.138 e. The zero-order chi connectivity index (χ0) is 16.2. The Morgan fingerprint density at radius 3 is 2.91 bits per heavy atom. The molecular weight excluding hydrogens is 308 g/mol. The van der Waals surface area contributed by atoms with Crippen molar-refractivity contribution < 1.29 is 5.11 Å². The standard InChI is InChI=1S/C17H24N4OS/c1-12-3-4-16(22)15(20-12)9-21(8-14-5-6-18-7-14)10-17-13(2)19-11-23-17/h3-4,11,14,18,22H,5-10H2,1-2H3/t14-/m1/s1. The van der Waals surface area contributed by atoms with E-state index in [0.717, 1.165) is 43.3 Å². The van der Waals surface area contributed by atoms with Gasteiger partial charge in [-0.25, -0.2) is 4.98 Å². The van der Waals surface area contributed by atoms with Gasteiger partial charge in [-0.1, -0.05) is 0 Å². The van der Waals surface area contributed by atoms with E-state index in [0.29, 0.717) is 12.5 Å². The van der Waals surface area contributed by atoms with Crippen molar-refractivity contribution in [2.24, 2.45) is 5.92 Å². The van der Waals surface area contributed by atoms with Crippen LogP contribution in [-0.2, 0) is 13.1 Å². The Hall–Kier alpha value is -1.50. The van der Waals surface area contributed by atoms with Gasteiger partial charge in [-0.05, 0) is 51.4 Å². The molecule has 1 fully saturated rings. The van der Waals surface area contributed by atoms with Gasteiger partial charge in [0.2, 0.25) is 0 Å². The number of aromatic nitrogens is 2. The average molecular weight is 332 g/mol. The summed E-state index contributed by atoms with van der Waals surface area (Å²) in [5.41, 5.74) is 4.71. The number of thiazole rings is 1. The van der Waals surface area contributed by atoms with Crippen LogP contribution in [-0.4, -0.2) is 39.6 Å². The maximum atomic E-state index is 10.1. The van der Waals surface area contributed by atoms with Crippen molar-refractivity contribution in [2.75, 3.05) is 19.6 Å². The molecular formula is C17H24N4OS. The number of rotatable bonds is 6. The number of aryl methyl sites for hydroxylation is 2. The molecule has 23 heavy (non-hydrogen) atoms. The van der Waals surface area contributed by atoms with Crippen LogP contribution in [0.15, 0.2) is 17.6 Å². The second-order valence-electron chi connectivity index (χ2n) is 6.31. The molecule has 0 aromatic carbocycles. The third kappa shape index (κ3) is 4.28. The first-order valence-corrected chi connectivity index (χ1v) is 8.97. The second kappa shape index (κ2) is 7.38. The van der Waals surface area contributed by atoms with Crippen LogP contribution in [0, 0.1) is 19.8 Å². The second-order valence-corrected chi connectivity index (χ2v) is 7.25. The fourth-order valence-corrected chi connectivity index (χ4v) is 3.85. The molecule has 0 bridgehead atoms. The molecule has 1 atom stereocenters. The summed E-state index contributed by atoms with van der Waals surface area (Å²) in [6.07, 6.45) is 1.21. The van der Waals surface area contributed by atoms with Gasteiger partial charge in [-0.15, -0.1) is 11.3 Å². The van der Waals surface area contributed by atoms with Gasteiger partial charge < -0.3 is 10.4 Å². The predicted molar refractivity (Wildman–Crippen MR) is 92.6 cm³/mol. The normalized spacial score (nSPS) is 18.0. The van der Waals surface area contributed by atoms with E-state index in [1.807, 2.05) is 18.5 Å². The van der Waals surface area contributed by atoms with E-state index in [2.05, 4.69) is 27.1 Å². The van der Waals surface area contributed by atoms with Crippen LogP contribution < -0.4 is 5.32 Å². The predicted octanol–water partition coefficient (Wildman–Crippen LogP) is 2.47. The minimum atomic E-state index is 0.283. The molecule has 1 saturated heterocycles. The maximum Gasteiger partial charge on any atom is 0.138 e. The van der Waals surface area contributed by atoms with Crippen LogP contribution in [0.3, 0.4) is 0 Å². The molecule has 6 heteroatoms. The molecule has 2 N–H and O–H groups in total. The molecule has 0 unspecified atom stereocenters. The Kier molecular flexibility index (Phi) is 5.25. The molecule has 124 valence electrons. The summed E-state index contributed by atoms with van der Waals surface area (Å²) in [5, 5.41) is 13.5. The van der Waals surface area contributed by atoms with E-state index >= 15 is 0 Å². The molecule has 3 heterocycles. The molecule has 0 aliphatic carbocycles. The minimum absolute atomic E-state index is 0.283. The summed E-state index contributed by atoms with van der Waals surface area (Å²) < 4.78 is 0. The van der Waals surface area contributed by atoms with Crippen LogP contribution >= 0.6 is 11.3 Å². The van der Waals surface area contributed by atoms with Gasteiger partial charge in [0.15, 0.2) is 0 Å². The fourth-order valence-electron chi connectivity index (χ4n) is 3.03. The van der Waals surface area contributed by atoms with E-state index in [-0.39, 0.29) is 5.75 Å². The number of nitrogens with zero attached hydrogens (tertiary/aromatic N) is 3. The van der Waals surface area contributed by atoms with E-state index in [4.69, 9.17) is 0 Å². The largest absolute Gasteiger partial charge is 0.506 e. The first-order chi connectivity index (χ1) is 11.1. The quantitative estimate of drug-likeness (QED) is 0.851. The van der Waals surface area contributed by atoms with Crippen molar-refractivity contribution in [3.8, 4) is 5.75 Å². The maximum absolute atomic E-state index is 10.1. The molecule has 3 rings (SSSR count). The van der Waals surface area contributed by atoms with Crippen molar-refractivity contribution in [1.29, 1.82) is 0 Å². The summed E-state index contributed by atoms with van der Waals surface area (Å²) in [5.74, 6) is 0.946. The van der Waals surface area contributed by atoms with Gasteiger partial charge in [-0.3, -0.25) is 9.88 Å². The number of nitrogens with one attached hydrogen (secondary N) is 1. The average Bonchev–Trinajstić information content (AvgIpc) is 3.16. The van der Waals surface area contributed by atoms with Crippen molar-refractivity contribution >= 4 is 11.3 Å². The molecule has 0 amide bonds. The number of aromatic hydroxyl groups is 1. The van der Waals surface area contributed by atoms with E-state index in [9.17, 15) is 5.11 Å². The number of hydrogen-bond acceptors (Lipinski definition) is 6. The van der Waals surface area contributed by atoms with Crippen LogP contribution in [0.4, 0.5) is 0 Å². The Morgan fingerprint density at radius 2 is 2.22 bits per heavy atom. The molecule has 5 nitrogen and oxygen atoms in total. The van der Waals surface area contributed by atoms with Gasteiger partial charge in [0.1, 0.15) is 5.75 Å². The van der Waals surface area contributed by atoms with Crippen LogP contribution in [0.2, 0.25) is 0 Å². The van der Waals surface area contributed by atoms with E-state index in [1.165, 1.54) is 11.3 Å². The van der Waals surface area contributed by atoms with Crippen LogP contribution in [0.25, 0.3) is 0 Å². The molecule has 1 aliphatic rings. The van der Waals surface area contributed by atoms with Crippen LogP contribution in [0.5, 0.6) is 5.75 Å². The summed E-state index contributed by atoms with van der Waals surface area (Å²) in [7, 11) is 0. The first-order valence-electron chi connectivity index (χ1n) is 8.09. The number of hydrogen-bond donors (Lipinski definition) is 2. The molecule has 2 aromatic heterocycles. The fraction of sp³-hybridized carbons (Fsp3) is 0.529.